The van der Waals surface area contributed by atoms with Crippen LogP contribution in [0.25, 0.3) is 21.6 Å². The van der Waals surface area contributed by atoms with Crippen molar-refractivity contribution in [2.45, 2.75) is 6.54 Å². The molecule has 1 aliphatic rings. The first-order valence-electron chi connectivity index (χ1n) is 9.84. The third-order valence-electron chi connectivity index (χ3n) is 5.46. The van der Waals surface area contributed by atoms with Crippen molar-refractivity contribution < 1.29 is 0 Å². The van der Waals surface area contributed by atoms with E-state index in [4.69, 9.17) is 27.3 Å². The summed E-state index contributed by atoms with van der Waals surface area (Å²) in [5, 5.41) is 8.16. The number of rotatable bonds is 4. The minimum absolute atomic E-state index is 0.590. The number of benzene rings is 1. The summed E-state index contributed by atoms with van der Waals surface area (Å²) in [5.41, 5.74) is 9.05. The number of nitrogens with two attached hydrogens (primary N) is 1. The molecular weight excluding hydrogens is 418 g/mol. The second kappa shape index (κ2) is 7.86. The van der Waals surface area contributed by atoms with E-state index in [1.165, 1.54) is 5.56 Å². The molecule has 1 aromatic carbocycles. The summed E-state index contributed by atoms with van der Waals surface area (Å²) in [4.78, 5) is 15.4. The molecule has 7 nitrogen and oxygen atoms in total. The standard InChI is InChI=1S/C21H22ClN7S/c1-27-19(23)17-18(16-3-2-12-30-16)24-21(25-20(17)26-27)29-10-8-28(9-11-29)13-14-4-6-15(22)7-5-14/h2-7,12H,8-11,13,23H2,1H3. The number of aromatic nitrogens is 4. The molecule has 3 aromatic heterocycles. The van der Waals surface area contributed by atoms with Crippen molar-refractivity contribution >= 4 is 45.7 Å². The van der Waals surface area contributed by atoms with E-state index in [2.05, 4.69) is 33.1 Å². The molecule has 1 fully saturated rings. The molecule has 0 unspecified atom stereocenters. The smallest absolute Gasteiger partial charge is 0.228 e. The molecule has 0 atom stereocenters. The quantitative estimate of drug-likeness (QED) is 0.523. The van der Waals surface area contributed by atoms with Crippen molar-refractivity contribution in [2.75, 3.05) is 36.8 Å². The molecule has 1 aliphatic heterocycles. The first-order chi connectivity index (χ1) is 14.6. The van der Waals surface area contributed by atoms with Gasteiger partial charge < -0.3 is 10.6 Å². The van der Waals surface area contributed by atoms with Crippen LogP contribution in [-0.2, 0) is 13.6 Å². The van der Waals surface area contributed by atoms with Gasteiger partial charge >= 0.3 is 0 Å². The molecule has 154 valence electrons. The van der Waals surface area contributed by atoms with Crippen molar-refractivity contribution in [3.63, 3.8) is 0 Å². The van der Waals surface area contributed by atoms with Crippen LogP contribution in [0.2, 0.25) is 5.02 Å². The van der Waals surface area contributed by atoms with Crippen LogP contribution >= 0.6 is 22.9 Å². The van der Waals surface area contributed by atoms with Gasteiger partial charge in [-0.25, -0.2) is 4.98 Å². The van der Waals surface area contributed by atoms with Crippen molar-refractivity contribution in [2.24, 2.45) is 7.05 Å². The molecular formula is C21H22ClN7S. The highest BCUT2D eigenvalue weighted by atomic mass is 35.5. The highest BCUT2D eigenvalue weighted by Gasteiger charge is 2.23. The molecule has 5 rings (SSSR count). The molecule has 1 saturated heterocycles. The topological polar surface area (TPSA) is 76.1 Å². The lowest BCUT2D eigenvalue weighted by molar-refractivity contribution is 0.249. The lowest BCUT2D eigenvalue weighted by atomic mass is 10.2. The number of thiophene rings is 1. The highest BCUT2D eigenvalue weighted by Crippen LogP contribution is 2.34. The van der Waals surface area contributed by atoms with E-state index < -0.39 is 0 Å². The summed E-state index contributed by atoms with van der Waals surface area (Å²) in [6.45, 7) is 4.55. The summed E-state index contributed by atoms with van der Waals surface area (Å²) in [7, 11) is 1.84. The maximum atomic E-state index is 6.27. The van der Waals surface area contributed by atoms with Gasteiger partial charge in [-0.05, 0) is 29.1 Å². The van der Waals surface area contributed by atoms with E-state index in [1.807, 2.05) is 30.6 Å². The van der Waals surface area contributed by atoms with E-state index in [0.29, 0.717) is 11.5 Å². The first kappa shape index (κ1) is 19.3. The monoisotopic (exact) mass is 439 g/mol. The zero-order valence-corrected chi connectivity index (χ0v) is 18.2. The summed E-state index contributed by atoms with van der Waals surface area (Å²) >= 11 is 7.64. The molecule has 0 aliphatic carbocycles. The van der Waals surface area contributed by atoms with Gasteiger partial charge in [0.05, 0.1) is 16.0 Å². The lowest BCUT2D eigenvalue weighted by Gasteiger charge is -2.34. The molecule has 30 heavy (non-hydrogen) atoms. The fraction of sp³-hybridized carbons (Fsp3) is 0.286. The molecule has 2 N–H and O–H groups in total. The van der Waals surface area contributed by atoms with Crippen LogP contribution in [-0.4, -0.2) is 50.8 Å². The Morgan fingerprint density at radius 2 is 1.83 bits per heavy atom. The Balaban J connectivity index is 1.39. The number of hydrogen-bond donors (Lipinski definition) is 1. The predicted molar refractivity (Wildman–Crippen MR) is 123 cm³/mol. The third-order valence-corrected chi connectivity index (χ3v) is 6.59. The second-order valence-electron chi connectivity index (χ2n) is 7.45. The Kier molecular flexibility index (Phi) is 5.06. The number of nitrogens with zero attached hydrogens (tertiary/aromatic N) is 6. The Labute approximate surface area is 183 Å². The Bertz CT molecular complexity index is 1160. The number of halogens is 1. The molecule has 0 saturated carbocycles. The summed E-state index contributed by atoms with van der Waals surface area (Å²) in [6, 6.07) is 12.2. The average molecular weight is 440 g/mol. The summed E-state index contributed by atoms with van der Waals surface area (Å²) in [5.74, 6) is 1.31. The van der Waals surface area contributed by atoms with Gasteiger partial charge in [-0.15, -0.1) is 11.3 Å². The van der Waals surface area contributed by atoms with Crippen LogP contribution in [0.1, 0.15) is 5.56 Å². The van der Waals surface area contributed by atoms with E-state index >= 15 is 0 Å². The first-order valence-corrected chi connectivity index (χ1v) is 11.1. The van der Waals surface area contributed by atoms with E-state index in [9.17, 15) is 0 Å². The second-order valence-corrected chi connectivity index (χ2v) is 8.83. The third kappa shape index (κ3) is 3.62. The fourth-order valence-corrected chi connectivity index (χ4v) is 4.64. The Morgan fingerprint density at radius 1 is 1.07 bits per heavy atom. The minimum Gasteiger partial charge on any atom is -0.383 e. The molecule has 0 spiro atoms. The highest BCUT2D eigenvalue weighted by molar-refractivity contribution is 7.13. The van der Waals surface area contributed by atoms with Gasteiger partial charge in [0.25, 0.3) is 0 Å². The molecule has 4 aromatic rings. The normalized spacial score (nSPS) is 15.2. The van der Waals surface area contributed by atoms with E-state index in [1.54, 1.807) is 16.0 Å². The SMILES string of the molecule is Cn1nc2nc(N3CCN(Cc4ccc(Cl)cc4)CC3)nc(-c3cccs3)c2c1N. The fourth-order valence-electron chi connectivity index (χ4n) is 3.79. The Hall–Kier alpha value is -2.68. The Morgan fingerprint density at radius 3 is 2.53 bits per heavy atom. The molecule has 0 bridgehead atoms. The summed E-state index contributed by atoms with van der Waals surface area (Å²) < 4.78 is 1.67. The number of nitrogen functional groups attached to an aromatic ring is 1. The van der Waals surface area contributed by atoms with Crippen molar-refractivity contribution in [1.29, 1.82) is 0 Å². The average Bonchev–Trinajstić information content (AvgIpc) is 3.38. The zero-order chi connectivity index (χ0) is 20.7. The van der Waals surface area contributed by atoms with Gasteiger partial charge in [-0.2, -0.15) is 10.1 Å². The molecule has 0 amide bonds. The van der Waals surface area contributed by atoms with Crippen LogP contribution in [0, 0.1) is 0 Å². The molecule has 9 heteroatoms. The number of fused-ring (bicyclic) bond motifs is 1. The number of hydrogen-bond acceptors (Lipinski definition) is 7. The van der Waals surface area contributed by atoms with Gasteiger partial charge in [-0.1, -0.05) is 29.8 Å². The largest absolute Gasteiger partial charge is 0.383 e. The maximum Gasteiger partial charge on any atom is 0.228 e. The van der Waals surface area contributed by atoms with Gasteiger partial charge in [-0.3, -0.25) is 9.58 Å². The van der Waals surface area contributed by atoms with Gasteiger partial charge in [0.1, 0.15) is 5.82 Å². The van der Waals surface area contributed by atoms with Crippen molar-refractivity contribution in [3.05, 3.63) is 52.4 Å². The van der Waals surface area contributed by atoms with Crippen molar-refractivity contribution in [1.82, 2.24) is 24.6 Å². The lowest BCUT2D eigenvalue weighted by Crippen LogP contribution is -2.46. The van der Waals surface area contributed by atoms with Gasteiger partial charge in [0, 0.05) is 44.8 Å². The number of aryl methyl sites for hydroxylation is 1. The number of piperazine rings is 1. The van der Waals surface area contributed by atoms with Crippen LogP contribution in [0.5, 0.6) is 0 Å². The van der Waals surface area contributed by atoms with Crippen LogP contribution < -0.4 is 10.6 Å². The minimum atomic E-state index is 0.590. The molecule has 0 radical (unpaired) electrons. The van der Waals surface area contributed by atoms with Crippen LogP contribution in [0.4, 0.5) is 11.8 Å². The van der Waals surface area contributed by atoms with E-state index in [0.717, 1.165) is 59.7 Å². The van der Waals surface area contributed by atoms with Gasteiger partial charge in [0.15, 0.2) is 5.65 Å². The number of anilines is 2. The summed E-state index contributed by atoms with van der Waals surface area (Å²) in [6.07, 6.45) is 0. The zero-order valence-electron chi connectivity index (χ0n) is 16.6. The van der Waals surface area contributed by atoms with Crippen LogP contribution in [0.3, 0.4) is 0 Å². The maximum absolute atomic E-state index is 6.27. The predicted octanol–water partition coefficient (Wildman–Crippen LogP) is 3.65. The van der Waals surface area contributed by atoms with Crippen molar-refractivity contribution in [3.8, 4) is 10.6 Å². The van der Waals surface area contributed by atoms with Gasteiger partial charge in [0.2, 0.25) is 5.95 Å². The van der Waals surface area contributed by atoms with E-state index in [-0.39, 0.29) is 0 Å². The van der Waals surface area contributed by atoms with Crippen LogP contribution in [0.15, 0.2) is 41.8 Å². The molecule has 4 heterocycles.